The normalized spacial score (nSPS) is 14.5. The van der Waals surface area contributed by atoms with Crippen LogP contribution in [0.15, 0.2) is 0 Å². The lowest BCUT2D eigenvalue weighted by Gasteiger charge is -2.18. The van der Waals surface area contributed by atoms with E-state index in [4.69, 9.17) is 39.5 Å². The standard InChI is InChI=1S/C7H14Cl3NO2/c1-13-4-2-3-11-5-6(12)7(8,9)10/h6,11-12H,2-5H2,1H3. The van der Waals surface area contributed by atoms with E-state index in [1.807, 2.05) is 0 Å². The molecule has 0 rings (SSSR count). The summed E-state index contributed by atoms with van der Waals surface area (Å²) in [5.74, 6) is 0. The van der Waals surface area contributed by atoms with Crippen LogP contribution in [0.1, 0.15) is 6.42 Å². The van der Waals surface area contributed by atoms with Crippen molar-refractivity contribution in [3.8, 4) is 0 Å². The maximum atomic E-state index is 9.25. The van der Waals surface area contributed by atoms with Gasteiger partial charge in [0, 0.05) is 20.3 Å². The lowest BCUT2D eigenvalue weighted by molar-refractivity contribution is 0.169. The molecule has 0 bridgehead atoms. The number of nitrogens with one attached hydrogen (secondary N) is 1. The summed E-state index contributed by atoms with van der Waals surface area (Å²) in [6, 6.07) is 0. The highest BCUT2D eigenvalue weighted by atomic mass is 35.6. The fraction of sp³-hybridized carbons (Fsp3) is 1.00. The van der Waals surface area contributed by atoms with Crippen molar-refractivity contribution in [2.45, 2.75) is 16.3 Å². The number of ether oxygens (including phenoxy) is 1. The van der Waals surface area contributed by atoms with Crippen LogP contribution in [-0.4, -0.2) is 41.8 Å². The van der Waals surface area contributed by atoms with Gasteiger partial charge in [-0.3, -0.25) is 0 Å². The molecule has 0 aliphatic carbocycles. The average Bonchev–Trinajstić information content (AvgIpc) is 2.02. The predicted octanol–water partition coefficient (Wildman–Crippen LogP) is 1.34. The Morgan fingerprint density at radius 1 is 1.46 bits per heavy atom. The van der Waals surface area contributed by atoms with Gasteiger partial charge in [0.2, 0.25) is 3.79 Å². The fourth-order valence-electron chi connectivity index (χ4n) is 0.696. The van der Waals surface area contributed by atoms with Gasteiger partial charge < -0.3 is 15.2 Å². The molecule has 0 fully saturated rings. The first-order valence-electron chi connectivity index (χ1n) is 3.93. The van der Waals surface area contributed by atoms with Crippen LogP contribution >= 0.6 is 34.8 Å². The fourth-order valence-corrected chi connectivity index (χ4v) is 0.927. The molecule has 1 atom stereocenters. The Morgan fingerprint density at radius 3 is 2.54 bits per heavy atom. The second-order valence-corrected chi connectivity index (χ2v) is 4.98. The third-order valence-corrected chi connectivity index (χ3v) is 2.17. The molecule has 0 aliphatic heterocycles. The second-order valence-electron chi connectivity index (χ2n) is 2.61. The molecular weight excluding hydrogens is 236 g/mol. The molecule has 1 unspecified atom stereocenters. The number of halogens is 3. The van der Waals surface area contributed by atoms with Gasteiger partial charge in [-0.15, -0.1) is 0 Å². The van der Waals surface area contributed by atoms with Gasteiger partial charge in [-0.25, -0.2) is 0 Å². The largest absolute Gasteiger partial charge is 0.387 e. The molecule has 13 heavy (non-hydrogen) atoms. The molecule has 0 spiro atoms. The molecule has 0 aliphatic rings. The Labute approximate surface area is 93.3 Å². The van der Waals surface area contributed by atoms with E-state index in [2.05, 4.69) is 5.32 Å². The van der Waals surface area contributed by atoms with Crippen LogP contribution in [0.4, 0.5) is 0 Å². The molecule has 0 amide bonds. The summed E-state index contributed by atoms with van der Waals surface area (Å²) in [5.41, 5.74) is 0. The van der Waals surface area contributed by atoms with Crippen LogP contribution in [0.5, 0.6) is 0 Å². The number of hydrogen-bond donors (Lipinski definition) is 2. The molecule has 0 radical (unpaired) electrons. The summed E-state index contributed by atoms with van der Waals surface area (Å²) in [7, 11) is 1.64. The highest BCUT2D eigenvalue weighted by Crippen LogP contribution is 2.29. The Balaban J connectivity index is 3.32. The third-order valence-electron chi connectivity index (χ3n) is 1.42. The van der Waals surface area contributed by atoms with E-state index in [0.29, 0.717) is 6.61 Å². The van der Waals surface area contributed by atoms with Gasteiger partial charge >= 0.3 is 0 Å². The number of aliphatic hydroxyl groups is 1. The van der Waals surface area contributed by atoms with Crippen LogP contribution < -0.4 is 5.32 Å². The van der Waals surface area contributed by atoms with E-state index in [1.54, 1.807) is 7.11 Å². The highest BCUT2D eigenvalue weighted by molar-refractivity contribution is 6.68. The highest BCUT2D eigenvalue weighted by Gasteiger charge is 2.29. The molecule has 0 aromatic carbocycles. The molecule has 0 aromatic heterocycles. The predicted molar refractivity (Wildman–Crippen MR) is 55.7 cm³/mol. The second kappa shape index (κ2) is 7.10. The number of hydrogen-bond acceptors (Lipinski definition) is 3. The van der Waals surface area contributed by atoms with Gasteiger partial charge in [-0.2, -0.15) is 0 Å². The van der Waals surface area contributed by atoms with Crippen molar-refractivity contribution in [1.82, 2.24) is 5.32 Å². The summed E-state index contributed by atoms with van der Waals surface area (Å²) < 4.78 is 3.22. The smallest absolute Gasteiger partial charge is 0.217 e. The zero-order valence-electron chi connectivity index (χ0n) is 7.40. The minimum atomic E-state index is -1.62. The summed E-state index contributed by atoms with van der Waals surface area (Å²) in [6.07, 6.45) is -0.122. The van der Waals surface area contributed by atoms with Crippen molar-refractivity contribution < 1.29 is 9.84 Å². The molecule has 0 saturated heterocycles. The molecule has 0 heterocycles. The Morgan fingerprint density at radius 2 is 2.08 bits per heavy atom. The van der Waals surface area contributed by atoms with Crippen molar-refractivity contribution in [2.24, 2.45) is 0 Å². The van der Waals surface area contributed by atoms with E-state index in [1.165, 1.54) is 0 Å². The van der Waals surface area contributed by atoms with Crippen LogP contribution in [0.25, 0.3) is 0 Å². The number of alkyl halides is 3. The van der Waals surface area contributed by atoms with Crippen molar-refractivity contribution in [3.63, 3.8) is 0 Å². The molecule has 0 saturated carbocycles. The summed E-state index contributed by atoms with van der Waals surface area (Å²) in [4.78, 5) is 0. The summed E-state index contributed by atoms with van der Waals surface area (Å²) >= 11 is 16.3. The first kappa shape index (κ1) is 13.8. The first-order valence-corrected chi connectivity index (χ1v) is 5.06. The molecule has 2 N–H and O–H groups in total. The molecule has 0 aromatic rings. The third kappa shape index (κ3) is 7.79. The number of rotatable bonds is 6. The lowest BCUT2D eigenvalue weighted by Crippen LogP contribution is -2.36. The van der Waals surface area contributed by atoms with Gasteiger partial charge in [-0.05, 0) is 13.0 Å². The van der Waals surface area contributed by atoms with Crippen LogP contribution in [-0.2, 0) is 4.74 Å². The molecular formula is C7H14Cl3NO2. The lowest BCUT2D eigenvalue weighted by atomic mass is 10.3. The van der Waals surface area contributed by atoms with Gasteiger partial charge in [0.1, 0.15) is 6.10 Å². The SMILES string of the molecule is COCCCNCC(O)C(Cl)(Cl)Cl. The van der Waals surface area contributed by atoms with Crippen molar-refractivity contribution in [2.75, 3.05) is 26.8 Å². The Hall–Kier alpha value is 0.750. The van der Waals surface area contributed by atoms with E-state index in [0.717, 1.165) is 13.0 Å². The maximum absolute atomic E-state index is 9.25. The van der Waals surface area contributed by atoms with Crippen LogP contribution in [0.3, 0.4) is 0 Å². The van der Waals surface area contributed by atoms with Crippen molar-refractivity contribution >= 4 is 34.8 Å². The number of aliphatic hydroxyl groups excluding tert-OH is 1. The van der Waals surface area contributed by atoms with E-state index < -0.39 is 9.90 Å². The van der Waals surface area contributed by atoms with E-state index in [-0.39, 0.29) is 6.54 Å². The van der Waals surface area contributed by atoms with Gasteiger partial charge in [0.15, 0.2) is 0 Å². The molecule has 6 heteroatoms. The van der Waals surface area contributed by atoms with Gasteiger partial charge in [-0.1, -0.05) is 34.8 Å². The quantitative estimate of drug-likeness (QED) is 0.552. The Kier molecular flexibility index (Phi) is 7.51. The monoisotopic (exact) mass is 249 g/mol. The number of methoxy groups -OCH3 is 1. The molecule has 3 nitrogen and oxygen atoms in total. The maximum Gasteiger partial charge on any atom is 0.217 e. The van der Waals surface area contributed by atoms with Gasteiger partial charge in [0.25, 0.3) is 0 Å². The van der Waals surface area contributed by atoms with E-state index >= 15 is 0 Å². The minimum Gasteiger partial charge on any atom is -0.387 e. The minimum absolute atomic E-state index is 0.264. The summed E-state index contributed by atoms with van der Waals surface area (Å²) in [6.45, 7) is 1.67. The first-order chi connectivity index (χ1) is 5.98. The Bertz CT molecular complexity index is 129. The van der Waals surface area contributed by atoms with Crippen molar-refractivity contribution in [1.29, 1.82) is 0 Å². The van der Waals surface area contributed by atoms with Crippen LogP contribution in [0, 0.1) is 0 Å². The zero-order chi connectivity index (χ0) is 10.3. The van der Waals surface area contributed by atoms with Crippen molar-refractivity contribution in [3.05, 3.63) is 0 Å². The average molecular weight is 251 g/mol. The van der Waals surface area contributed by atoms with E-state index in [9.17, 15) is 5.11 Å². The van der Waals surface area contributed by atoms with Gasteiger partial charge in [0.05, 0.1) is 0 Å². The molecule has 80 valence electrons. The van der Waals surface area contributed by atoms with Crippen LogP contribution in [0.2, 0.25) is 0 Å². The summed E-state index contributed by atoms with van der Waals surface area (Å²) in [5, 5.41) is 12.2. The topological polar surface area (TPSA) is 41.5 Å². The zero-order valence-corrected chi connectivity index (χ0v) is 9.66.